The first-order chi connectivity index (χ1) is 4.81. The molecule has 2 heteroatoms. The van der Waals surface area contributed by atoms with Gasteiger partial charge < -0.3 is 4.79 Å². The highest BCUT2D eigenvalue weighted by Crippen LogP contribution is 2.12. The normalized spacial score (nSPS) is 17.1. The van der Waals surface area contributed by atoms with Crippen LogP contribution in [0.5, 0.6) is 0 Å². The van der Waals surface area contributed by atoms with Gasteiger partial charge in [0.15, 0.2) is 0 Å². The Balaban J connectivity index is 0.000000236. The van der Waals surface area contributed by atoms with Crippen molar-refractivity contribution in [2.75, 3.05) is 0 Å². The van der Waals surface area contributed by atoms with Gasteiger partial charge in [-0.2, -0.15) is 0 Å². The summed E-state index contributed by atoms with van der Waals surface area (Å²) in [5, 5.41) is 0. The fourth-order valence-electron chi connectivity index (χ4n) is 0.946. The van der Waals surface area contributed by atoms with Gasteiger partial charge in [0.2, 0.25) is 0 Å². The lowest BCUT2D eigenvalue weighted by atomic mass is 10.00. The molecule has 0 aromatic heterocycles. The second-order valence-electron chi connectivity index (χ2n) is 2.34. The zero-order chi connectivity index (χ0) is 7.82. The molecular weight excluding hydrogens is 128 g/mol. The Morgan fingerprint density at radius 1 is 1.20 bits per heavy atom. The number of Topliss-reactive ketones (excluding diaryl/α,β-unsaturated/α-hetero) is 1. The van der Waals surface area contributed by atoms with Gasteiger partial charge in [0.25, 0.3) is 0 Å². The van der Waals surface area contributed by atoms with Gasteiger partial charge in [0.05, 0.1) is 0 Å². The van der Waals surface area contributed by atoms with Crippen molar-refractivity contribution in [1.29, 1.82) is 0 Å². The van der Waals surface area contributed by atoms with Crippen molar-refractivity contribution in [2.24, 2.45) is 0 Å². The van der Waals surface area contributed by atoms with E-state index in [1.54, 1.807) is 0 Å². The Morgan fingerprint density at radius 2 is 1.60 bits per heavy atom. The van der Waals surface area contributed by atoms with Gasteiger partial charge in [0.1, 0.15) is 12.1 Å². The van der Waals surface area contributed by atoms with E-state index in [9.17, 15) is 4.79 Å². The van der Waals surface area contributed by atoms with Crippen LogP contribution in [0.4, 0.5) is 0 Å². The lowest BCUT2D eigenvalue weighted by Gasteiger charge is -2.05. The maximum Gasteiger partial charge on any atom is 0.132 e. The number of carbonyl (C=O) groups excluding carboxylic acids is 2. The third-order valence-electron chi connectivity index (χ3n) is 1.41. The second kappa shape index (κ2) is 6.46. The molecule has 10 heavy (non-hydrogen) atoms. The van der Waals surface area contributed by atoms with E-state index in [0.29, 0.717) is 5.78 Å². The first-order valence-electron chi connectivity index (χ1n) is 3.72. The molecule has 58 valence electrons. The van der Waals surface area contributed by atoms with Gasteiger partial charge in [-0.3, -0.25) is 4.79 Å². The number of hydrogen-bond acceptors (Lipinski definition) is 2. The van der Waals surface area contributed by atoms with E-state index in [1.165, 1.54) is 13.3 Å². The third-order valence-corrected chi connectivity index (χ3v) is 1.41. The molecule has 0 atom stereocenters. The van der Waals surface area contributed by atoms with E-state index in [4.69, 9.17) is 4.79 Å². The predicted molar refractivity (Wildman–Crippen MR) is 39.8 cm³/mol. The first-order valence-corrected chi connectivity index (χ1v) is 3.72. The fraction of sp³-hybridized carbons (Fsp3) is 0.750. The van der Waals surface area contributed by atoms with Gasteiger partial charge in [-0.25, -0.2) is 0 Å². The van der Waals surface area contributed by atoms with E-state index in [2.05, 4.69) is 0 Å². The zero-order valence-corrected chi connectivity index (χ0v) is 6.43. The Labute approximate surface area is 61.6 Å². The van der Waals surface area contributed by atoms with Gasteiger partial charge in [-0.15, -0.1) is 0 Å². The average molecular weight is 142 g/mol. The van der Waals surface area contributed by atoms with Crippen molar-refractivity contribution in [3.05, 3.63) is 0 Å². The Bertz CT molecular complexity index is 99.8. The highest BCUT2D eigenvalue weighted by atomic mass is 16.1. The zero-order valence-electron chi connectivity index (χ0n) is 6.43. The Kier molecular flexibility index (Phi) is 6.03. The fourth-order valence-corrected chi connectivity index (χ4v) is 0.946. The summed E-state index contributed by atoms with van der Waals surface area (Å²) >= 11 is 0. The van der Waals surface area contributed by atoms with Gasteiger partial charge in [0, 0.05) is 12.8 Å². The minimum absolute atomic E-state index is 0.464. The molecule has 1 saturated carbocycles. The number of ketones is 1. The number of hydrogen-bond donors (Lipinski definition) is 0. The first kappa shape index (κ1) is 9.34. The van der Waals surface area contributed by atoms with Crippen LogP contribution >= 0.6 is 0 Å². The second-order valence-corrected chi connectivity index (χ2v) is 2.34. The van der Waals surface area contributed by atoms with Crippen LogP contribution in [0.15, 0.2) is 0 Å². The smallest absolute Gasteiger partial charge is 0.132 e. The third kappa shape index (κ3) is 5.48. The molecule has 0 heterocycles. The van der Waals surface area contributed by atoms with Crippen LogP contribution < -0.4 is 0 Å². The summed E-state index contributed by atoms with van der Waals surface area (Å²) in [6.45, 7) is 1.44. The van der Waals surface area contributed by atoms with Gasteiger partial charge in [-0.1, -0.05) is 6.42 Å². The average Bonchev–Trinajstić information content (AvgIpc) is 1.91. The number of carbonyl (C=O) groups is 2. The van der Waals surface area contributed by atoms with E-state index >= 15 is 0 Å². The molecule has 0 aromatic rings. The van der Waals surface area contributed by atoms with E-state index in [1.807, 2.05) is 0 Å². The molecular formula is C8H14O2. The van der Waals surface area contributed by atoms with Crippen LogP contribution in [-0.2, 0) is 9.59 Å². The predicted octanol–water partition coefficient (Wildman–Crippen LogP) is 1.72. The lowest BCUT2D eigenvalue weighted by Crippen LogP contribution is -2.02. The molecule has 0 unspecified atom stereocenters. The molecule has 0 bridgehead atoms. The molecule has 2 nitrogen and oxygen atoms in total. The largest absolute Gasteiger partial charge is 0.304 e. The van der Waals surface area contributed by atoms with Crippen molar-refractivity contribution in [3.8, 4) is 0 Å². The molecule has 0 aromatic carbocycles. The molecule has 0 amide bonds. The molecule has 0 spiro atoms. The van der Waals surface area contributed by atoms with Crippen LogP contribution in [0, 0.1) is 0 Å². The highest BCUT2D eigenvalue weighted by Gasteiger charge is 2.05. The van der Waals surface area contributed by atoms with Crippen LogP contribution in [0.3, 0.4) is 0 Å². The molecule has 1 aliphatic carbocycles. The molecule has 0 radical (unpaired) electrons. The molecule has 1 rings (SSSR count). The highest BCUT2D eigenvalue weighted by molar-refractivity contribution is 5.78. The summed E-state index contributed by atoms with van der Waals surface area (Å²) < 4.78 is 0. The molecule has 1 aliphatic rings. The van der Waals surface area contributed by atoms with Gasteiger partial charge in [-0.05, 0) is 19.8 Å². The van der Waals surface area contributed by atoms with Crippen LogP contribution in [0.2, 0.25) is 0 Å². The SMILES string of the molecule is CC=O.O=C1CCCCC1. The van der Waals surface area contributed by atoms with Crippen molar-refractivity contribution in [3.63, 3.8) is 0 Å². The quantitative estimate of drug-likeness (QED) is 0.482. The van der Waals surface area contributed by atoms with E-state index in [0.717, 1.165) is 32.0 Å². The molecule has 0 saturated heterocycles. The van der Waals surface area contributed by atoms with Crippen molar-refractivity contribution < 1.29 is 9.59 Å². The lowest BCUT2D eigenvalue weighted by molar-refractivity contribution is -0.120. The number of aldehydes is 1. The monoisotopic (exact) mass is 142 g/mol. The summed E-state index contributed by atoms with van der Waals surface area (Å²) in [5.41, 5.74) is 0. The molecule has 0 N–H and O–H groups in total. The summed E-state index contributed by atoms with van der Waals surface area (Å²) in [4.78, 5) is 19.3. The van der Waals surface area contributed by atoms with Crippen LogP contribution in [0.1, 0.15) is 39.0 Å². The van der Waals surface area contributed by atoms with Crippen LogP contribution in [-0.4, -0.2) is 12.1 Å². The maximum absolute atomic E-state index is 10.5. The Morgan fingerprint density at radius 3 is 1.80 bits per heavy atom. The molecule has 1 fully saturated rings. The van der Waals surface area contributed by atoms with E-state index < -0.39 is 0 Å². The minimum atomic E-state index is 0.464. The molecule has 0 aliphatic heterocycles. The summed E-state index contributed by atoms with van der Waals surface area (Å²) in [6, 6.07) is 0. The summed E-state index contributed by atoms with van der Waals surface area (Å²) in [7, 11) is 0. The standard InChI is InChI=1S/C6H10O.C2H4O/c7-6-4-2-1-3-5-6;1-2-3/h1-5H2;2H,1H3. The summed E-state index contributed by atoms with van der Waals surface area (Å²) in [5.74, 6) is 0.464. The van der Waals surface area contributed by atoms with Crippen molar-refractivity contribution >= 4 is 12.1 Å². The topological polar surface area (TPSA) is 34.1 Å². The van der Waals surface area contributed by atoms with Crippen molar-refractivity contribution in [1.82, 2.24) is 0 Å². The van der Waals surface area contributed by atoms with Crippen molar-refractivity contribution in [2.45, 2.75) is 39.0 Å². The van der Waals surface area contributed by atoms with E-state index in [-0.39, 0.29) is 0 Å². The Hall–Kier alpha value is -0.660. The minimum Gasteiger partial charge on any atom is -0.304 e. The number of rotatable bonds is 0. The summed E-state index contributed by atoms with van der Waals surface area (Å²) in [6.07, 6.45) is 5.99. The van der Waals surface area contributed by atoms with Gasteiger partial charge >= 0.3 is 0 Å². The maximum atomic E-state index is 10.5. The van der Waals surface area contributed by atoms with Crippen LogP contribution in [0.25, 0.3) is 0 Å².